The average molecular weight is 512 g/mol. The Hall–Kier alpha value is -2.31. The van der Waals surface area contributed by atoms with Gasteiger partial charge >= 0.3 is 0 Å². The minimum Gasteiger partial charge on any atom is -0.371 e. The Morgan fingerprint density at radius 2 is 1.91 bits per heavy atom. The Bertz CT molecular complexity index is 1160. The van der Waals surface area contributed by atoms with Gasteiger partial charge in [0.25, 0.3) is 0 Å². The maximum absolute atomic E-state index is 14.4. The number of sulfone groups is 1. The van der Waals surface area contributed by atoms with E-state index >= 15 is 0 Å². The van der Waals surface area contributed by atoms with Crippen LogP contribution in [-0.2, 0) is 25.0 Å². The number of hydrogen-bond acceptors (Lipinski definition) is 9. The van der Waals surface area contributed by atoms with E-state index in [1.807, 2.05) is 18.7 Å². The number of likely N-dealkylation sites (tertiary alicyclic amines) is 1. The number of ether oxygens (including phenoxy) is 1. The molecule has 34 heavy (non-hydrogen) atoms. The van der Waals surface area contributed by atoms with Crippen molar-refractivity contribution in [2.75, 3.05) is 43.2 Å². The molecule has 2 aromatic rings. The van der Waals surface area contributed by atoms with Crippen molar-refractivity contribution >= 4 is 38.1 Å². The zero-order valence-electron chi connectivity index (χ0n) is 19.7. The van der Waals surface area contributed by atoms with Gasteiger partial charge in [-0.2, -0.15) is 4.37 Å². The van der Waals surface area contributed by atoms with Gasteiger partial charge in [-0.1, -0.05) is 0 Å². The molecule has 0 unspecified atom stereocenters. The van der Waals surface area contributed by atoms with E-state index < -0.39 is 27.3 Å². The first kappa shape index (κ1) is 24.8. The van der Waals surface area contributed by atoms with Gasteiger partial charge in [-0.15, -0.1) is 0 Å². The van der Waals surface area contributed by atoms with Crippen molar-refractivity contribution in [1.82, 2.24) is 14.3 Å². The number of hydrogen-bond donors (Lipinski definition) is 1. The third kappa shape index (κ3) is 5.03. The van der Waals surface area contributed by atoms with E-state index in [0.29, 0.717) is 18.8 Å². The number of carbonyl (C=O) groups is 1. The maximum atomic E-state index is 14.4. The number of aromatic nitrogens is 2. The molecule has 1 atom stereocenters. The number of anilines is 2. The number of nitrogens with zero attached hydrogens (tertiary/aromatic N) is 4. The molecule has 2 fully saturated rings. The molecule has 1 amide bonds. The van der Waals surface area contributed by atoms with Gasteiger partial charge in [0.05, 0.1) is 10.6 Å². The molecular formula is C22H30FN5O4S2. The molecule has 0 bridgehead atoms. The summed E-state index contributed by atoms with van der Waals surface area (Å²) >= 11 is 1.36. The summed E-state index contributed by atoms with van der Waals surface area (Å²) in [6.45, 7) is 6.02. The first-order chi connectivity index (χ1) is 16.0. The molecule has 3 heterocycles. The van der Waals surface area contributed by atoms with Crippen LogP contribution in [0.15, 0.2) is 23.1 Å². The Labute approximate surface area is 203 Å². The Balaban J connectivity index is 1.34. The molecule has 0 spiro atoms. The van der Waals surface area contributed by atoms with Gasteiger partial charge in [0.1, 0.15) is 17.5 Å². The molecule has 186 valence electrons. The van der Waals surface area contributed by atoms with Crippen LogP contribution in [0, 0.1) is 5.82 Å². The lowest BCUT2D eigenvalue weighted by molar-refractivity contribution is -0.130. The smallest absolute Gasteiger partial charge is 0.245 e. The largest absolute Gasteiger partial charge is 0.371 e. The second-order valence-corrected chi connectivity index (χ2v) is 12.0. The molecule has 0 radical (unpaired) electrons. The van der Waals surface area contributed by atoms with Crippen LogP contribution in [0.1, 0.15) is 38.9 Å². The average Bonchev–Trinajstić information content (AvgIpc) is 3.43. The zero-order chi connectivity index (χ0) is 24.7. The van der Waals surface area contributed by atoms with Gasteiger partial charge in [-0.05, 0) is 51.3 Å². The van der Waals surface area contributed by atoms with Crippen LogP contribution in [0.25, 0.3) is 0 Å². The fourth-order valence-electron chi connectivity index (χ4n) is 4.28. The van der Waals surface area contributed by atoms with Crippen LogP contribution >= 0.6 is 11.5 Å². The number of nitrogens with one attached hydrogen (secondary N) is 1. The third-order valence-corrected chi connectivity index (χ3v) is 8.47. The molecule has 1 aromatic carbocycles. The Morgan fingerprint density at radius 3 is 2.53 bits per heavy atom. The van der Waals surface area contributed by atoms with Crippen molar-refractivity contribution in [2.45, 2.75) is 55.7 Å². The molecule has 9 nitrogen and oxygen atoms in total. The summed E-state index contributed by atoms with van der Waals surface area (Å²) in [6, 6.07) is 3.30. The van der Waals surface area contributed by atoms with E-state index in [4.69, 9.17) is 4.74 Å². The highest BCUT2D eigenvalue weighted by Gasteiger charge is 2.38. The van der Waals surface area contributed by atoms with E-state index in [1.54, 1.807) is 7.11 Å². The van der Waals surface area contributed by atoms with E-state index in [1.165, 1.54) is 23.7 Å². The van der Waals surface area contributed by atoms with E-state index in [2.05, 4.69) is 19.6 Å². The Morgan fingerprint density at radius 1 is 1.21 bits per heavy atom. The van der Waals surface area contributed by atoms with Gasteiger partial charge < -0.3 is 19.9 Å². The summed E-state index contributed by atoms with van der Waals surface area (Å²) in [7, 11) is -1.86. The predicted molar refractivity (Wildman–Crippen MR) is 128 cm³/mol. The van der Waals surface area contributed by atoms with E-state index in [-0.39, 0.29) is 22.5 Å². The van der Waals surface area contributed by atoms with Crippen molar-refractivity contribution in [2.24, 2.45) is 0 Å². The minimum atomic E-state index is -3.50. The van der Waals surface area contributed by atoms with Crippen molar-refractivity contribution < 1.29 is 22.3 Å². The summed E-state index contributed by atoms with van der Waals surface area (Å²) in [5.41, 5.74) is -0.407. The van der Waals surface area contributed by atoms with Crippen LogP contribution in [0.3, 0.4) is 0 Å². The predicted octanol–water partition coefficient (Wildman–Crippen LogP) is 2.64. The number of piperidine rings is 1. The standard InChI is InChI=1S/C22H30FN5O4S2/c1-22(2,32-3)20-25-21(33-26-20)27-10-7-14(8-11-27)28-12-9-18(19(28)29)24-17-6-5-15(13-16(17)23)34(4,30)31/h5-6,13-14,18,24H,7-12H2,1-4H3/t18-/m0/s1. The molecule has 0 aliphatic carbocycles. The highest BCUT2D eigenvalue weighted by atomic mass is 32.2. The number of halogens is 1. The summed E-state index contributed by atoms with van der Waals surface area (Å²) in [5, 5.41) is 3.82. The van der Waals surface area contributed by atoms with Gasteiger partial charge in [-0.25, -0.2) is 17.8 Å². The van der Waals surface area contributed by atoms with E-state index in [9.17, 15) is 17.6 Å². The van der Waals surface area contributed by atoms with Gasteiger partial charge in [0.2, 0.25) is 11.0 Å². The van der Waals surface area contributed by atoms with Crippen LogP contribution in [0.2, 0.25) is 0 Å². The first-order valence-electron chi connectivity index (χ1n) is 11.2. The van der Waals surface area contributed by atoms with Gasteiger partial charge in [0.15, 0.2) is 15.7 Å². The number of carbonyl (C=O) groups excluding carboxylic acids is 1. The molecule has 1 N–H and O–H groups in total. The fourth-order valence-corrected chi connectivity index (χ4v) is 5.77. The summed E-state index contributed by atoms with van der Waals surface area (Å²) in [5.74, 6) is -0.0711. The molecule has 12 heteroatoms. The summed E-state index contributed by atoms with van der Waals surface area (Å²) in [4.78, 5) is 21.7. The quantitative estimate of drug-likeness (QED) is 0.605. The molecule has 2 aliphatic heterocycles. The fraction of sp³-hybridized carbons (Fsp3) is 0.591. The lowest BCUT2D eigenvalue weighted by atomic mass is 10.0. The number of amides is 1. The lowest BCUT2D eigenvalue weighted by Gasteiger charge is -2.36. The molecule has 0 saturated carbocycles. The van der Waals surface area contributed by atoms with Gasteiger partial charge in [0, 0.05) is 50.6 Å². The first-order valence-corrected chi connectivity index (χ1v) is 13.9. The Kier molecular flexibility index (Phi) is 6.85. The third-order valence-electron chi connectivity index (χ3n) is 6.58. The van der Waals surface area contributed by atoms with Crippen LogP contribution in [-0.4, -0.2) is 73.7 Å². The van der Waals surface area contributed by atoms with Crippen LogP contribution < -0.4 is 10.2 Å². The highest BCUT2D eigenvalue weighted by molar-refractivity contribution is 7.90. The molecule has 4 rings (SSSR count). The summed E-state index contributed by atoms with van der Waals surface area (Å²) in [6.07, 6.45) is 3.23. The van der Waals surface area contributed by atoms with Crippen molar-refractivity contribution in [3.05, 3.63) is 29.8 Å². The summed E-state index contributed by atoms with van der Waals surface area (Å²) < 4.78 is 47.6. The number of benzene rings is 1. The topological polar surface area (TPSA) is 105 Å². The SMILES string of the molecule is COC(C)(C)c1nsc(N2CCC(N3CC[C@H](Nc4ccc(S(C)(=O)=O)cc4F)C3=O)CC2)n1. The molecule has 2 aliphatic rings. The van der Waals surface area contributed by atoms with Gasteiger partial charge in [-0.3, -0.25) is 4.79 Å². The minimum absolute atomic E-state index is 0.0508. The van der Waals surface area contributed by atoms with E-state index in [0.717, 1.165) is 43.4 Å². The molecule has 1 aromatic heterocycles. The second kappa shape index (κ2) is 9.38. The zero-order valence-corrected chi connectivity index (χ0v) is 21.4. The lowest BCUT2D eigenvalue weighted by Crippen LogP contribution is -2.47. The monoisotopic (exact) mass is 511 g/mol. The van der Waals surface area contributed by atoms with Crippen molar-refractivity contribution in [3.8, 4) is 0 Å². The van der Waals surface area contributed by atoms with Crippen molar-refractivity contribution in [3.63, 3.8) is 0 Å². The maximum Gasteiger partial charge on any atom is 0.245 e. The highest BCUT2D eigenvalue weighted by Crippen LogP contribution is 2.30. The molecular weight excluding hydrogens is 481 g/mol. The van der Waals surface area contributed by atoms with Crippen LogP contribution in [0.5, 0.6) is 0 Å². The number of methoxy groups -OCH3 is 1. The van der Waals surface area contributed by atoms with Crippen LogP contribution in [0.4, 0.5) is 15.2 Å². The second-order valence-electron chi connectivity index (χ2n) is 9.26. The number of rotatable bonds is 7. The molecule has 2 saturated heterocycles. The normalized spacial score (nSPS) is 20.3. The van der Waals surface area contributed by atoms with Crippen molar-refractivity contribution in [1.29, 1.82) is 0 Å².